The first-order valence-electron chi connectivity index (χ1n) is 9.45. The van der Waals surface area contributed by atoms with Crippen LogP contribution < -0.4 is 5.32 Å². The molecule has 3 heterocycles. The second-order valence-electron chi connectivity index (χ2n) is 7.39. The second kappa shape index (κ2) is 8.83. The van der Waals surface area contributed by atoms with Crippen LogP contribution in [0.3, 0.4) is 0 Å². The van der Waals surface area contributed by atoms with E-state index in [1.54, 1.807) is 6.26 Å². The summed E-state index contributed by atoms with van der Waals surface area (Å²) < 4.78 is 10.5. The van der Waals surface area contributed by atoms with Crippen molar-refractivity contribution in [3.8, 4) is 0 Å². The Hall–Kier alpha value is -1.64. The van der Waals surface area contributed by atoms with E-state index in [2.05, 4.69) is 44.3 Å². The predicted octanol–water partition coefficient (Wildman–Crippen LogP) is 0.478. The van der Waals surface area contributed by atoms with Crippen molar-refractivity contribution in [2.75, 3.05) is 67.1 Å². The van der Waals surface area contributed by atoms with Gasteiger partial charge in [0.25, 0.3) is 0 Å². The Morgan fingerprint density at radius 1 is 1.27 bits per heavy atom. The first-order valence-corrected chi connectivity index (χ1v) is 9.45. The number of aromatic nitrogens is 1. The van der Waals surface area contributed by atoms with Gasteiger partial charge in [0.2, 0.25) is 0 Å². The van der Waals surface area contributed by atoms with Gasteiger partial charge < -0.3 is 24.4 Å². The molecule has 8 heteroatoms. The highest BCUT2D eigenvalue weighted by atomic mass is 16.5. The molecule has 2 aliphatic heterocycles. The molecule has 0 amide bonds. The van der Waals surface area contributed by atoms with E-state index in [9.17, 15) is 0 Å². The van der Waals surface area contributed by atoms with Crippen molar-refractivity contribution in [1.29, 1.82) is 0 Å². The van der Waals surface area contributed by atoms with Crippen molar-refractivity contribution in [3.63, 3.8) is 0 Å². The van der Waals surface area contributed by atoms with Crippen molar-refractivity contribution in [3.05, 3.63) is 18.0 Å². The number of ether oxygens (including phenoxy) is 1. The van der Waals surface area contributed by atoms with Crippen LogP contribution in [0.2, 0.25) is 0 Å². The van der Waals surface area contributed by atoms with E-state index in [-0.39, 0.29) is 5.54 Å². The topological polar surface area (TPSA) is 69.4 Å². The number of hydrogen-bond donors (Lipinski definition) is 1. The second-order valence-corrected chi connectivity index (χ2v) is 7.39. The van der Waals surface area contributed by atoms with Gasteiger partial charge in [-0.1, -0.05) is 5.16 Å². The summed E-state index contributed by atoms with van der Waals surface area (Å²) in [6, 6.07) is 1.93. The van der Waals surface area contributed by atoms with Crippen molar-refractivity contribution >= 4 is 5.96 Å². The van der Waals surface area contributed by atoms with Crippen molar-refractivity contribution < 1.29 is 9.26 Å². The average molecular weight is 364 g/mol. The summed E-state index contributed by atoms with van der Waals surface area (Å²) in [5.74, 6) is 0.999. The highest BCUT2D eigenvalue weighted by Crippen LogP contribution is 2.25. The summed E-state index contributed by atoms with van der Waals surface area (Å²) in [5.41, 5.74) is 1.14. The normalized spacial score (nSPS) is 22.0. The van der Waals surface area contributed by atoms with Crippen LogP contribution in [0.1, 0.15) is 18.5 Å². The van der Waals surface area contributed by atoms with Gasteiger partial charge in [-0.3, -0.25) is 9.89 Å². The van der Waals surface area contributed by atoms with E-state index in [4.69, 9.17) is 9.26 Å². The Morgan fingerprint density at radius 2 is 2.00 bits per heavy atom. The zero-order valence-electron chi connectivity index (χ0n) is 16.3. The maximum atomic E-state index is 5.57. The molecule has 146 valence electrons. The van der Waals surface area contributed by atoms with Gasteiger partial charge in [-0.15, -0.1) is 0 Å². The molecule has 1 aromatic rings. The van der Waals surface area contributed by atoms with Crippen molar-refractivity contribution in [1.82, 2.24) is 25.2 Å². The molecule has 2 aliphatic rings. The molecular formula is C18H32N6O2. The van der Waals surface area contributed by atoms with E-state index in [1.807, 2.05) is 13.1 Å². The molecule has 1 N–H and O–H groups in total. The molecule has 0 spiro atoms. The fourth-order valence-corrected chi connectivity index (χ4v) is 3.78. The van der Waals surface area contributed by atoms with E-state index >= 15 is 0 Å². The van der Waals surface area contributed by atoms with Crippen LogP contribution in [0.5, 0.6) is 0 Å². The number of piperazine rings is 1. The Labute approximate surface area is 156 Å². The minimum absolute atomic E-state index is 0.142. The molecule has 3 rings (SSSR count). The Kier molecular flexibility index (Phi) is 6.50. The lowest BCUT2D eigenvalue weighted by molar-refractivity contribution is -0.00535. The molecular weight excluding hydrogens is 332 g/mol. The van der Waals surface area contributed by atoms with Crippen LogP contribution in [0.15, 0.2) is 21.8 Å². The van der Waals surface area contributed by atoms with Crippen LogP contribution in [0, 0.1) is 0 Å². The molecule has 0 aromatic carbocycles. The Bertz CT molecular complexity index is 560. The molecule has 0 saturated carbocycles. The maximum absolute atomic E-state index is 5.57. The van der Waals surface area contributed by atoms with Gasteiger partial charge in [0.05, 0.1) is 5.69 Å². The molecule has 0 aliphatic carbocycles. The third-order valence-corrected chi connectivity index (χ3v) is 5.71. The summed E-state index contributed by atoms with van der Waals surface area (Å²) in [5, 5.41) is 7.63. The lowest BCUT2D eigenvalue weighted by Crippen LogP contribution is -2.59. The first kappa shape index (κ1) is 19.1. The Balaban J connectivity index is 1.50. The molecule has 2 fully saturated rings. The van der Waals surface area contributed by atoms with Crippen molar-refractivity contribution in [2.45, 2.75) is 24.9 Å². The summed E-state index contributed by atoms with van der Waals surface area (Å²) in [6.07, 6.45) is 3.74. The number of nitrogens with one attached hydrogen (secondary N) is 1. The first-order chi connectivity index (χ1) is 12.6. The third-order valence-electron chi connectivity index (χ3n) is 5.71. The van der Waals surface area contributed by atoms with Crippen LogP contribution in [-0.4, -0.2) is 98.4 Å². The number of likely N-dealkylation sites (N-methyl/N-ethyl adjacent to an activating group) is 1. The van der Waals surface area contributed by atoms with Gasteiger partial charge >= 0.3 is 0 Å². The molecule has 1 aromatic heterocycles. The molecule has 0 atom stereocenters. The van der Waals surface area contributed by atoms with Crippen LogP contribution >= 0.6 is 0 Å². The molecule has 0 radical (unpaired) electrons. The van der Waals surface area contributed by atoms with Gasteiger partial charge in [0, 0.05) is 71.1 Å². The lowest BCUT2D eigenvalue weighted by atomic mass is 9.88. The molecule has 2 saturated heterocycles. The fourth-order valence-electron chi connectivity index (χ4n) is 3.78. The summed E-state index contributed by atoms with van der Waals surface area (Å²) >= 11 is 0. The molecule has 8 nitrogen and oxygen atoms in total. The van der Waals surface area contributed by atoms with Gasteiger partial charge in [0.1, 0.15) is 6.26 Å². The zero-order valence-corrected chi connectivity index (χ0v) is 16.3. The third kappa shape index (κ3) is 4.55. The fraction of sp³-hybridized carbons (Fsp3) is 0.778. The lowest BCUT2D eigenvalue weighted by Gasteiger charge is -2.44. The molecule has 26 heavy (non-hydrogen) atoms. The smallest absolute Gasteiger partial charge is 0.193 e. The van der Waals surface area contributed by atoms with Gasteiger partial charge in [-0.2, -0.15) is 0 Å². The van der Waals surface area contributed by atoms with E-state index in [1.165, 1.54) is 0 Å². The van der Waals surface area contributed by atoms with Crippen LogP contribution in [0.25, 0.3) is 0 Å². The minimum atomic E-state index is 0.142. The van der Waals surface area contributed by atoms with Gasteiger partial charge in [0.15, 0.2) is 5.96 Å². The van der Waals surface area contributed by atoms with E-state index in [0.717, 1.165) is 77.0 Å². The van der Waals surface area contributed by atoms with Crippen LogP contribution in [0.4, 0.5) is 0 Å². The standard InChI is InChI=1S/C18H32N6O2/c1-19-17(20-15-18(22(2)3)5-12-25-13-6-18)24-9-7-23(8-10-24)14-16-4-11-26-21-16/h4,11H,5-10,12-15H2,1-3H3,(H,19,20). The van der Waals surface area contributed by atoms with E-state index < -0.39 is 0 Å². The number of nitrogens with zero attached hydrogens (tertiary/aromatic N) is 5. The SMILES string of the molecule is CN=C(NCC1(N(C)C)CCOCC1)N1CCN(Cc2ccon2)CC1. The summed E-state index contributed by atoms with van der Waals surface area (Å²) in [7, 11) is 6.20. The number of rotatable bonds is 5. The highest BCUT2D eigenvalue weighted by Gasteiger charge is 2.35. The Morgan fingerprint density at radius 3 is 2.58 bits per heavy atom. The number of guanidine groups is 1. The monoisotopic (exact) mass is 364 g/mol. The van der Waals surface area contributed by atoms with Gasteiger partial charge in [-0.25, -0.2) is 0 Å². The zero-order chi connectivity index (χ0) is 18.4. The van der Waals surface area contributed by atoms with Crippen molar-refractivity contribution in [2.24, 2.45) is 4.99 Å². The quantitative estimate of drug-likeness (QED) is 0.602. The van der Waals surface area contributed by atoms with E-state index in [0.29, 0.717) is 0 Å². The number of aliphatic imine (C=N–C) groups is 1. The summed E-state index contributed by atoms with van der Waals surface area (Å²) in [6.45, 7) is 7.35. The number of hydrogen-bond acceptors (Lipinski definition) is 6. The average Bonchev–Trinajstić information content (AvgIpc) is 3.17. The highest BCUT2D eigenvalue weighted by molar-refractivity contribution is 5.80. The minimum Gasteiger partial charge on any atom is -0.381 e. The molecule has 0 bridgehead atoms. The maximum Gasteiger partial charge on any atom is 0.193 e. The predicted molar refractivity (Wildman–Crippen MR) is 101 cm³/mol. The summed E-state index contributed by atoms with van der Waals surface area (Å²) in [4.78, 5) is 11.6. The van der Waals surface area contributed by atoms with Crippen LogP contribution in [-0.2, 0) is 11.3 Å². The molecule has 0 unspecified atom stereocenters. The van der Waals surface area contributed by atoms with Gasteiger partial charge in [-0.05, 0) is 26.9 Å². The largest absolute Gasteiger partial charge is 0.381 e.